The van der Waals surface area contributed by atoms with Gasteiger partial charge in [0, 0.05) is 24.9 Å². The van der Waals surface area contributed by atoms with Gasteiger partial charge in [0.2, 0.25) is 11.8 Å². The van der Waals surface area contributed by atoms with Gasteiger partial charge in [-0.15, -0.1) is 0 Å². The Hall–Kier alpha value is -2.27. The van der Waals surface area contributed by atoms with Crippen LogP contribution in [-0.2, 0) is 16.1 Å². The maximum absolute atomic E-state index is 12.6. The van der Waals surface area contributed by atoms with Crippen LogP contribution in [0.2, 0.25) is 0 Å². The lowest BCUT2D eigenvalue weighted by Crippen LogP contribution is -2.30. The van der Waals surface area contributed by atoms with E-state index >= 15 is 0 Å². The summed E-state index contributed by atoms with van der Waals surface area (Å²) in [6.07, 6.45) is 2.00. The highest BCUT2D eigenvalue weighted by Crippen LogP contribution is 2.20. The van der Waals surface area contributed by atoms with Gasteiger partial charge in [-0.2, -0.15) is 11.8 Å². The molecule has 2 rings (SSSR count). The molecule has 4 nitrogen and oxygen atoms in total. The molecule has 0 saturated heterocycles. The molecule has 24 heavy (non-hydrogen) atoms. The Morgan fingerprint density at radius 1 is 1.08 bits per heavy atom. The number of nitrogens with one attached hydrogen (secondary N) is 2. The van der Waals surface area contributed by atoms with Crippen LogP contribution in [0.3, 0.4) is 0 Å². The molecular weight excluding hydrogens is 320 g/mol. The quantitative estimate of drug-likeness (QED) is 0.811. The summed E-state index contributed by atoms with van der Waals surface area (Å²) in [4.78, 5) is 23.7. The second-order valence-electron chi connectivity index (χ2n) is 5.52. The lowest BCUT2D eigenvalue weighted by Gasteiger charge is -2.16. The van der Waals surface area contributed by atoms with Crippen LogP contribution < -0.4 is 10.6 Å². The molecule has 0 saturated carbocycles. The first-order valence-electron chi connectivity index (χ1n) is 7.78. The van der Waals surface area contributed by atoms with E-state index in [9.17, 15) is 9.59 Å². The van der Waals surface area contributed by atoms with E-state index in [0.717, 1.165) is 22.6 Å². The summed E-state index contributed by atoms with van der Waals surface area (Å²) in [5.41, 5.74) is 2.71. The molecule has 0 spiro atoms. The number of rotatable bonds is 7. The predicted octanol–water partition coefficient (Wildman–Crippen LogP) is 3.41. The molecule has 0 bridgehead atoms. The lowest BCUT2D eigenvalue weighted by molar-refractivity contribution is -0.122. The maximum atomic E-state index is 12.6. The topological polar surface area (TPSA) is 58.2 Å². The SMILES string of the molecule is CSC[C@H](C(=O)NCc1cccc(NC(C)=O)c1)c1ccccc1. The Morgan fingerprint density at radius 2 is 1.83 bits per heavy atom. The monoisotopic (exact) mass is 342 g/mol. The summed E-state index contributed by atoms with van der Waals surface area (Å²) in [7, 11) is 0. The molecule has 2 N–H and O–H groups in total. The van der Waals surface area contributed by atoms with Crippen molar-refractivity contribution in [3.63, 3.8) is 0 Å². The molecule has 0 aliphatic rings. The van der Waals surface area contributed by atoms with Crippen LogP contribution in [0.25, 0.3) is 0 Å². The average molecular weight is 342 g/mol. The minimum Gasteiger partial charge on any atom is -0.351 e. The van der Waals surface area contributed by atoms with Crippen LogP contribution in [0.1, 0.15) is 24.0 Å². The van der Waals surface area contributed by atoms with E-state index in [0.29, 0.717) is 6.54 Å². The number of hydrogen-bond donors (Lipinski definition) is 2. The first-order chi connectivity index (χ1) is 11.6. The van der Waals surface area contributed by atoms with E-state index in [1.54, 1.807) is 11.8 Å². The van der Waals surface area contributed by atoms with Gasteiger partial charge in [-0.05, 0) is 29.5 Å². The first-order valence-corrected chi connectivity index (χ1v) is 9.17. The van der Waals surface area contributed by atoms with E-state index in [1.165, 1.54) is 6.92 Å². The maximum Gasteiger partial charge on any atom is 0.228 e. The lowest BCUT2D eigenvalue weighted by atomic mass is 10.00. The van der Waals surface area contributed by atoms with Crippen molar-refractivity contribution >= 4 is 29.3 Å². The normalized spacial score (nSPS) is 11.6. The first kappa shape index (κ1) is 18.1. The molecule has 2 aromatic rings. The van der Waals surface area contributed by atoms with Gasteiger partial charge in [-0.3, -0.25) is 9.59 Å². The third-order valence-corrected chi connectivity index (χ3v) is 4.23. The van der Waals surface area contributed by atoms with E-state index in [1.807, 2.05) is 60.9 Å². The Kier molecular flexibility index (Phi) is 6.88. The van der Waals surface area contributed by atoms with Crippen molar-refractivity contribution < 1.29 is 9.59 Å². The van der Waals surface area contributed by atoms with Crippen LogP contribution in [0.4, 0.5) is 5.69 Å². The van der Waals surface area contributed by atoms with Crippen LogP contribution in [-0.4, -0.2) is 23.8 Å². The van der Waals surface area contributed by atoms with Gasteiger partial charge in [-0.25, -0.2) is 0 Å². The van der Waals surface area contributed by atoms with Gasteiger partial charge in [-0.1, -0.05) is 42.5 Å². The van der Waals surface area contributed by atoms with Crippen molar-refractivity contribution in [2.75, 3.05) is 17.3 Å². The second kappa shape index (κ2) is 9.13. The fraction of sp³-hybridized carbons (Fsp3) is 0.263. The highest BCUT2D eigenvalue weighted by molar-refractivity contribution is 7.98. The number of amides is 2. The fourth-order valence-corrected chi connectivity index (χ4v) is 3.13. The van der Waals surface area contributed by atoms with E-state index in [-0.39, 0.29) is 17.7 Å². The van der Waals surface area contributed by atoms with Crippen molar-refractivity contribution in [1.82, 2.24) is 5.32 Å². The summed E-state index contributed by atoms with van der Waals surface area (Å²) in [5.74, 6) is 0.474. The predicted molar refractivity (Wildman–Crippen MR) is 100 cm³/mol. The molecule has 0 aromatic heterocycles. The zero-order chi connectivity index (χ0) is 17.4. The minimum absolute atomic E-state index is 0.0143. The molecule has 0 aliphatic heterocycles. The molecule has 0 heterocycles. The van der Waals surface area contributed by atoms with Gasteiger partial charge >= 0.3 is 0 Å². The third-order valence-electron chi connectivity index (χ3n) is 3.57. The molecule has 2 aromatic carbocycles. The van der Waals surface area contributed by atoms with Crippen molar-refractivity contribution in [3.05, 3.63) is 65.7 Å². The number of carbonyl (C=O) groups is 2. The van der Waals surface area contributed by atoms with Gasteiger partial charge < -0.3 is 10.6 Å². The van der Waals surface area contributed by atoms with Crippen LogP contribution in [0.5, 0.6) is 0 Å². The van der Waals surface area contributed by atoms with Crippen LogP contribution >= 0.6 is 11.8 Å². The van der Waals surface area contributed by atoms with Gasteiger partial charge in [0.1, 0.15) is 0 Å². The van der Waals surface area contributed by atoms with Crippen LogP contribution in [0, 0.1) is 0 Å². The van der Waals surface area contributed by atoms with E-state index in [2.05, 4.69) is 10.6 Å². The summed E-state index contributed by atoms with van der Waals surface area (Å²) >= 11 is 1.66. The van der Waals surface area contributed by atoms with E-state index < -0.39 is 0 Å². The summed E-state index contributed by atoms with van der Waals surface area (Å²) in [6.45, 7) is 1.91. The smallest absolute Gasteiger partial charge is 0.228 e. The number of hydrogen-bond acceptors (Lipinski definition) is 3. The highest BCUT2D eigenvalue weighted by atomic mass is 32.2. The van der Waals surface area contributed by atoms with Crippen molar-refractivity contribution in [2.24, 2.45) is 0 Å². The molecule has 2 amide bonds. The molecule has 0 unspecified atom stereocenters. The van der Waals surface area contributed by atoms with Crippen molar-refractivity contribution in [3.8, 4) is 0 Å². The second-order valence-corrected chi connectivity index (χ2v) is 6.43. The largest absolute Gasteiger partial charge is 0.351 e. The zero-order valence-corrected chi connectivity index (χ0v) is 14.7. The van der Waals surface area contributed by atoms with E-state index in [4.69, 9.17) is 0 Å². The molecule has 5 heteroatoms. The molecule has 0 fully saturated rings. The number of thioether (sulfide) groups is 1. The summed E-state index contributed by atoms with van der Waals surface area (Å²) in [6, 6.07) is 17.3. The standard InChI is InChI=1S/C19H22N2O2S/c1-14(22)21-17-10-6-7-15(11-17)12-20-19(23)18(13-24-2)16-8-4-3-5-9-16/h3-11,18H,12-13H2,1-2H3,(H,20,23)(H,21,22)/t18-/m0/s1. The Labute approximate surface area is 147 Å². The Morgan fingerprint density at radius 3 is 2.50 bits per heavy atom. The molecule has 126 valence electrons. The third kappa shape index (κ3) is 5.42. The van der Waals surface area contributed by atoms with Gasteiger partial charge in [0.05, 0.1) is 5.92 Å². The van der Waals surface area contributed by atoms with Gasteiger partial charge in [0.15, 0.2) is 0 Å². The van der Waals surface area contributed by atoms with Gasteiger partial charge in [0.25, 0.3) is 0 Å². The van der Waals surface area contributed by atoms with Crippen molar-refractivity contribution in [2.45, 2.75) is 19.4 Å². The summed E-state index contributed by atoms with van der Waals surface area (Å²) in [5, 5.41) is 5.74. The molecular formula is C19H22N2O2S. The Balaban J connectivity index is 2.01. The zero-order valence-electron chi connectivity index (χ0n) is 13.9. The fourth-order valence-electron chi connectivity index (χ4n) is 2.45. The van der Waals surface area contributed by atoms with Crippen molar-refractivity contribution in [1.29, 1.82) is 0 Å². The van der Waals surface area contributed by atoms with Crippen LogP contribution in [0.15, 0.2) is 54.6 Å². The molecule has 0 aliphatic carbocycles. The Bertz CT molecular complexity index is 689. The molecule has 1 atom stereocenters. The average Bonchev–Trinajstić information content (AvgIpc) is 2.58. The minimum atomic E-state index is -0.167. The number of benzene rings is 2. The summed E-state index contributed by atoms with van der Waals surface area (Å²) < 4.78 is 0. The highest BCUT2D eigenvalue weighted by Gasteiger charge is 2.19. The number of carbonyl (C=O) groups excluding carboxylic acids is 2. The number of anilines is 1. The molecule has 0 radical (unpaired) electrons.